The lowest BCUT2D eigenvalue weighted by molar-refractivity contribution is -0.138. The van der Waals surface area contributed by atoms with Crippen LogP contribution in [0.2, 0.25) is 0 Å². The van der Waals surface area contributed by atoms with Crippen LogP contribution in [0.1, 0.15) is 45.6 Å². The van der Waals surface area contributed by atoms with Gasteiger partial charge in [-0.3, -0.25) is 0 Å². The molecule has 184 valence electrons. The number of anilines is 1. The summed E-state index contributed by atoms with van der Waals surface area (Å²) in [4.78, 5) is 5.17. The molecule has 3 aliphatic rings. The van der Waals surface area contributed by atoms with E-state index in [0.717, 1.165) is 6.42 Å². The van der Waals surface area contributed by atoms with Gasteiger partial charge in [0.05, 0.1) is 17.0 Å². The third-order valence-corrected chi connectivity index (χ3v) is 10.1. The number of rotatable bonds is 4. The van der Waals surface area contributed by atoms with Gasteiger partial charge in [0.15, 0.2) is 11.6 Å². The normalized spacial score (nSPS) is 31.5. The summed E-state index contributed by atoms with van der Waals surface area (Å²) in [5.41, 5.74) is -1.68. The molecule has 0 spiro atoms. The quantitative estimate of drug-likeness (QED) is 0.393. The summed E-state index contributed by atoms with van der Waals surface area (Å²) < 4.78 is 81.1. The maximum Gasteiger partial charge on any atom is 0.417 e. The van der Waals surface area contributed by atoms with Crippen LogP contribution in [0, 0.1) is 22.6 Å². The molecule has 33 heavy (non-hydrogen) atoms. The van der Waals surface area contributed by atoms with E-state index in [-0.39, 0.29) is 42.5 Å². The number of nitrogens with zero attached hydrogens (tertiary/aromatic N) is 4. The fraction of sp³-hybridized carbons (Fsp3) is 0.714. The number of alkyl halides is 3. The molecular formula is C21H28F4N4O3S. The van der Waals surface area contributed by atoms with Gasteiger partial charge in [-0.25, -0.2) is 17.8 Å². The molecule has 2 aliphatic carbocycles. The lowest BCUT2D eigenvalue weighted by Crippen LogP contribution is -2.56. The molecule has 2 saturated carbocycles. The second-order valence-electron chi connectivity index (χ2n) is 9.97. The van der Waals surface area contributed by atoms with Gasteiger partial charge in [0.25, 0.3) is 0 Å². The summed E-state index contributed by atoms with van der Waals surface area (Å²) >= 11 is 0. The van der Waals surface area contributed by atoms with E-state index >= 15 is 0 Å². The Morgan fingerprint density at radius 1 is 1.30 bits per heavy atom. The fourth-order valence-corrected chi connectivity index (χ4v) is 8.26. The van der Waals surface area contributed by atoms with Crippen LogP contribution in [0.5, 0.6) is 0 Å². The van der Waals surface area contributed by atoms with Gasteiger partial charge in [-0.05, 0) is 43.6 Å². The molecule has 0 radical (unpaired) electrons. The number of pyridine rings is 1. The average molecular weight is 493 g/mol. The van der Waals surface area contributed by atoms with Gasteiger partial charge in [-0.2, -0.15) is 17.5 Å². The van der Waals surface area contributed by atoms with Gasteiger partial charge < -0.3 is 10.1 Å². The lowest BCUT2D eigenvalue weighted by atomic mass is 9.70. The predicted molar refractivity (Wildman–Crippen MR) is 114 cm³/mol. The maximum atomic E-state index is 14.4. The van der Waals surface area contributed by atoms with Crippen molar-refractivity contribution in [3.8, 4) is 0 Å². The standard InChI is InChI=1S/C21H28F4N4O3S/c1-13-11-28(6-7-29(13)18-16(22)8-15(10-26-18)21(23,24)25)33(31,32)12-20-5-4-14(19(20,2)3)9-17(20)27-30/h8,10,13-14,30H,4-7,9,11-12H2,1-3H3/b27-17+/t13-,14+,20-/m0/s1. The Labute approximate surface area is 190 Å². The Bertz CT molecular complexity index is 1080. The van der Waals surface area contributed by atoms with E-state index in [4.69, 9.17) is 0 Å². The monoisotopic (exact) mass is 492 g/mol. The maximum absolute atomic E-state index is 14.4. The van der Waals surface area contributed by atoms with Gasteiger partial charge >= 0.3 is 6.18 Å². The number of hydrogen-bond acceptors (Lipinski definition) is 6. The Kier molecular flexibility index (Phi) is 5.71. The highest BCUT2D eigenvalue weighted by molar-refractivity contribution is 7.89. The number of aromatic nitrogens is 1. The minimum absolute atomic E-state index is 0.0516. The van der Waals surface area contributed by atoms with Gasteiger partial charge in [0, 0.05) is 37.3 Å². The summed E-state index contributed by atoms with van der Waals surface area (Å²) in [6.07, 6.45) is -2.01. The van der Waals surface area contributed by atoms with Crippen LogP contribution in [-0.2, 0) is 16.2 Å². The molecule has 0 amide bonds. The molecule has 1 aromatic heterocycles. The SMILES string of the molecule is C[C@H]1CN(S(=O)(=O)C[C@@]23CC[C@H](C/C2=N\O)C3(C)C)CCN1c1ncc(C(F)(F)F)cc1F. The molecule has 1 aliphatic heterocycles. The summed E-state index contributed by atoms with van der Waals surface area (Å²) in [6, 6.07) is -0.0881. The molecule has 12 heteroatoms. The minimum atomic E-state index is -4.70. The van der Waals surface area contributed by atoms with Gasteiger partial charge in [0.1, 0.15) is 0 Å². The Hall–Kier alpha value is -1.95. The summed E-state index contributed by atoms with van der Waals surface area (Å²) in [5, 5.41) is 13.0. The fourth-order valence-electron chi connectivity index (χ4n) is 5.97. The number of piperazine rings is 1. The Balaban J connectivity index is 1.52. The van der Waals surface area contributed by atoms with Gasteiger partial charge in [-0.1, -0.05) is 19.0 Å². The average Bonchev–Trinajstić information content (AvgIpc) is 3.07. The van der Waals surface area contributed by atoms with E-state index in [1.807, 2.05) is 13.8 Å². The molecule has 1 aromatic rings. The first-order chi connectivity index (χ1) is 15.2. The minimum Gasteiger partial charge on any atom is -0.411 e. The van der Waals surface area contributed by atoms with Crippen molar-refractivity contribution in [3.05, 3.63) is 23.6 Å². The van der Waals surface area contributed by atoms with Crippen molar-refractivity contribution in [1.82, 2.24) is 9.29 Å². The lowest BCUT2D eigenvalue weighted by Gasteiger charge is -2.43. The van der Waals surface area contributed by atoms with Crippen molar-refractivity contribution in [1.29, 1.82) is 0 Å². The van der Waals surface area contributed by atoms with E-state index < -0.39 is 39.0 Å². The predicted octanol–water partition coefficient (Wildman–Crippen LogP) is 3.74. The molecular weight excluding hydrogens is 464 g/mol. The highest BCUT2D eigenvalue weighted by Gasteiger charge is 2.64. The molecule has 2 bridgehead atoms. The first-order valence-corrected chi connectivity index (χ1v) is 12.5. The van der Waals surface area contributed by atoms with Crippen molar-refractivity contribution >= 4 is 21.6 Å². The highest BCUT2D eigenvalue weighted by Crippen LogP contribution is 2.64. The number of halogens is 4. The first-order valence-electron chi connectivity index (χ1n) is 10.9. The molecule has 1 saturated heterocycles. The second kappa shape index (κ2) is 7.79. The largest absolute Gasteiger partial charge is 0.417 e. The molecule has 4 rings (SSSR count). The van der Waals surface area contributed by atoms with Crippen molar-refractivity contribution in [2.45, 2.75) is 52.3 Å². The van der Waals surface area contributed by atoms with E-state index in [9.17, 15) is 31.2 Å². The number of sulfonamides is 1. The topological polar surface area (TPSA) is 86.1 Å². The summed E-state index contributed by atoms with van der Waals surface area (Å²) in [7, 11) is -3.75. The number of hydrogen-bond donors (Lipinski definition) is 1. The van der Waals surface area contributed by atoms with Crippen LogP contribution in [0.25, 0.3) is 0 Å². The van der Waals surface area contributed by atoms with Gasteiger partial charge in [0.2, 0.25) is 10.0 Å². The molecule has 3 fully saturated rings. The van der Waals surface area contributed by atoms with Crippen LogP contribution in [0.15, 0.2) is 17.4 Å². The summed E-state index contributed by atoms with van der Waals surface area (Å²) in [6.45, 7) is 5.94. The molecule has 0 unspecified atom stereocenters. The molecule has 0 aromatic carbocycles. The van der Waals surface area contributed by atoms with Crippen LogP contribution in [-0.4, -0.2) is 60.1 Å². The molecule has 1 N–H and O–H groups in total. The first kappa shape index (κ1) is 24.2. The van der Waals surface area contributed by atoms with Crippen LogP contribution < -0.4 is 4.90 Å². The van der Waals surface area contributed by atoms with Crippen molar-refractivity contribution < 1.29 is 31.2 Å². The molecule has 2 heterocycles. The Morgan fingerprint density at radius 3 is 2.55 bits per heavy atom. The van der Waals surface area contributed by atoms with E-state index in [2.05, 4.69) is 10.1 Å². The van der Waals surface area contributed by atoms with Crippen molar-refractivity contribution in [3.63, 3.8) is 0 Å². The smallest absolute Gasteiger partial charge is 0.411 e. The Morgan fingerprint density at radius 2 is 2.00 bits per heavy atom. The second-order valence-corrected chi connectivity index (χ2v) is 11.9. The zero-order valence-electron chi connectivity index (χ0n) is 18.7. The van der Waals surface area contributed by atoms with E-state index in [0.29, 0.717) is 30.8 Å². The molecule has 3 atom stereocenters. The zero-order chi connectivity index (χ0) is 24.4. The molecule has 7 nitrogen and oxygen atoms in total. The van der Waals surface area contributed by atoms with Crippen LogP contribution >= 0.6 is 0 Å². The zero-order valence-corrected chi connectivity index (χ0v) is 19.5. The van der Waals surface area contributed by atoms with Gasteiger partial charge in [-0.15, -0.1) is 0 Å². The van der Waals surface area contributed by atoms with E-state index in [1.54, 1.807) is 6.92 Å². The summed E-state index contributed by atoms with van der Waals surface area (Å²) in [5.74, 6) is -1.22. The highest BCUT2D eigenvalue weighted by atomic mass is 32.2. The third kappa shape index (κ3) is 3.78. The van der Waals surface area contributed by atoms with E-state index in [1.165, 1.54) is 9.21 Å². The number of fused-ring (bicyclic) bond motifs is 2. The third-order valence-electron chi connectivity index (χ3n) is 8.12. The van der Waals surface area contributed by atoms with Crippen LogP contribution in [0.4, 0.5) is 23.4 Å². The number of oxime groups is 1. The van der Waals surface area contributed by atoms with Crippen molar-refractivity contribution in [2.24, 2.45) is 21.9 Å². The van der Waals surface area contributed by atoms with Crippen LogP contribution in [0.3, 0.4) is 0 Å². The van der Waals surface area contributed by atoms with Crippen molar-refractivity contribution in [2.75, 3.05) is 30.3 Å².